The fourth-order valence-corrected chi connectivity index (χ4v) is 6.78. The van der Waals surface area contributed by atoms with E-state index in [1.807, 2.05) is 58.4 Å². The largest absolute Gasteiger partial charge is 0.444 e. The first-order chi connectivity index (χ1) is 21.6. The minimum absolute atomic E-state index is 0.0176. The number of benzene rings is 1. The fraction of sp³-hybridized carbons (Fsp3) is 0.486. The Bertz CT molecular complexity index is 1810. The Labute approximate surface area is 264 Å². The maximum atomic E-state index is 14.1. The van der Waals surface area contributed by atoms with E-state index in [9.17, 15) is 9.59 Å². The van der Waals surface area contributed by atoms with Gasteiger partial charge in [0.2, 0.25) is 0 Å². The average Bonchev–Trinajstić information content (AvgIpc) is 3.35. The monoisotopic (exact) mass is 609 g/mol. The van der Waals surface area contributed by atoms with Crippen LogP contribution in [0, 0.1) is 5.92 Å². The highest BCUT2D eigenvalue weighted by atomic mass is 16.6. The summed E-state index contributed by atoms with van der Waals surface area (Å²) in [5.74, 6) is 0.640. The highest BCUT2D eigenvalue weighted by Gasteiger charge is 2.32. The molecule has 1 aromatic carbocycles. The third kappa shape index (κ3) is 5.55. The number of carbonyl (C=O) groups excluding carboxylic acids is 2. The molecule has 0 bridgehead atoms. The summed E-state index contributed by atoms with van der Waals surface area (Å²) in [5, 5.41) is 10.1. The Hall–Kier alpha value is -4.34. The summed E-state index contributed by atoms with van der Waals surface area (Å²) < 4.78 is 12.2. The van der Waals surface area contributed by atoms with Crippen molar-refractivity contribution in [1.29, 1.82) is 0 Å². The highest BCUT2D eigenvalue weighted by molar-refractivity contribution is 6.05. The predicted octanol–water partition coefficient (Wildman–Crippen LogP) is 6.33. The number of hydrogen-bond acceptors (Lipinski definition) is 5. The summed E-state index contributed by atoms with van der Waals surface area (Å²) in [6.07, 6.45) is 8.91. The summed E-state index contributed by atoms with van der Waals surface area (Å²) in [6, 6.07) is 8.40. The van der Waals surface area contributed by atoms with Gasteiger partial charge in [-0.3, -0.25) is 14.2 Å². The molecule has 7 rings (SSSR count). The third-order valence-corrected chi connectivity index (χ3v) is 9.12. The maximum absolute atomic E-state index is 14.1. The fourth-order valence-electron chi connectivity index (χ4n) is 6.78. The summed E-state index contributed by atoms with van der Waals surface area (Å²) in [6.45, 7) is 14.5. The van der Waals surface area contributed by atoms with Crippen molar-refractivity contribution in [2.45, 2.75) is 92.2 Å². The van der Waals surface area contributed by atoms with Crippen LogP contribution in [0.4, 0.5) is 4.79 Å². The zero-order valence-electron chi connectivity index (χ0n) is 27.0. The number of carbonyl (C=O) groups is 2. The van der Waals surface area contributed by atoms with Crippen LogP contribution in [0.1, 0.15) is 81.2 Å². The van der Waals surface area contributed by atoms with Crippen LogP contribution >= 0.6 is 0 Å². The molecule has 4 aromatic rings. The van der Waals surface area contributed by atoms with Gasteiger partial charge in [0, 0.05) is 66.7 Å². The van der Waals surface area contributed by atoms with Crippen LogP contribution in [0.5, 0.6) is 0 Å². The molecule has 10 heteroatoms. The van der Waals surface area contributed by atoms with Gasteiger partial charge in [0.05, 0.1) is 36.2 Å². The smallest absolute Gasteiger partial charge is 0.410 e. The maximum Gasteiger partial charge on any atom is 0.410 e. The van der Waals surface area contributed by atoms with Crippen LogP contribution in [0.3, 0.4) is 0 Å². The first-order valence-corrected chi connectivity index (χ1v) is 16.3. The van der Waals surface area contributed by atoms with Crippen LogP contribution in [-0.4, -0.2) is 64.6 Å². The van der Waals surface area contributed by atoms with Crippen molar-refractivity contribution in [2.75, 3.05) is 13.1 Å². The molecule has 10 nitrogen and oxygen atoms in total. The molecular formula is C35H43N7O3. The van der Waals surface area contributed by atoms with Gasteiger partial charge in [-0.1, -0.05) is 6.08 Å². The predicted molar refractivity (Wildman–Crippen MR) is 173 cm³/mol. The third-order valence-electron chi connectivity index (χ3n) is 9.12. The number of hydrogen-bond donors (Lipinski definition) is 0. The van der Waals surface area contributed by atoms with E-state index in [0.717, 1.165) is 70.7 Å². The van der Waals surface area contributed by atoms with Crippen LogP contribution in [-0.2, 0) is 37.5 Å². The second-order valence-corrected chi connectivity index (χ2v) is 13.6. The lowest BCUT2D eigenvalue weighted by Crippen LogP contribution is -2.39. The summed E-state index contributed by atoms with van der Waals surface area (Å²) in [7, 11) is 0. The van der Waals surface area contributed by atoms with Crippen molar-refractivity contribution in [2.24, 2.45) is 5.92 Å². The van der Waals surface area contributed by atoms with Gasteiger partial charge in [-0.25, -0.2) is 4.79 Å². The van der Waals surface area contributed by atoms with Gasteiger partial charge in [-0.15, -0.1) is 0 Å². The Kier molecular flexibility index (Phi) is 7.33. The molecule has 1 fully saturated rings. The number of fused-ring (bicyclic) bond motifs is 2. The first-order valence-electron chi connectivity index (χ1n) is 16.3. The molecule has 0 spiro atoms. The van der Waals surface area contributed by atoms with E-state index in [-0.39, 0.29) is 12.0 Å². The van der Waals surface area contributed by atoms with Crippen molar-refractivity contribution in [1.82, 2.24) is 33.9 Å². The van der Waals surface area contributed by atoms with Crippen molar-refractivity contribution in [3.05, 3.63) is 65.2 Å². The zero-order chi connectivity index (χ0) is 31.5. The normalized spacial score (nSPS) is 16.8. The zero-order valence-corrected chi connectivity index (χ0v) is 27.0. The van der Waals surface area contributed by atoms with Crippen LogP contribution in [0.25, 0.3) is 27.7 Å². The minimum atomic E-state index is -0.550. The quantitative estimate of drug-likeness (QED) is 0.244. The van der Waals surface area contributed by atoms with Crippen molar-refractivity contribution >= 4 is 28.5 Å². The second-order valence-electron chi connectivity index (χ2n) is 13.6. The Morgan fingerprint density at radius 1 is 0.956 bits per heavy atom. The topological polar surface area (TPSA) is 90.4 Å². The van der Waals surface area contributed by atoms with E-state index >= 15 is 0 Å². The highest BCUT2D eigenvalue weighted by Crippen LogP contribution is 2.40. The van der Waals surface area contributed by atoms with E-state index in [2.05, 4.69) is 52.9 Å². The molecule has 0 radical (unpaired) electrons. The Morgan fingerprint density at radius 3 is 2.49 bits per heavy atom. The number of amides is 2. The first kappa shape index (κ1) is 29.4. The van der Waals surface area contributed by atoms with Gasteiger partial charge < -0.3 is 19.1 Å². The summed E-state index contributed by atoms with van der Waals surface area (Å²) in [5.41, 5.74) is 7.71. The van der Waals surface area contributed by atoms with E-state index in [1.54, 1.807) is 0 Å². The molecule has 2 amide bonds. The van der Waals surface area contributed by atoms with Crippen molar-refractivity contribution in [3.63, 3.8) is 0 Å². The van der Waals surface area contributed by atoms with E-state index in [1.165, 1.54) is 12.8 Å². The van der Waals surface area contributed by atoms with Gasteiger partial charge in [0.1, 0.15) is 5.60 Å². The molecule has 0 unspecified atom stereocenters. The number of aryl methyl sites for hydroxylation is 2. The number of aromatic nitrogens is 5. The lowest BCUT2D eigenvalue weighted by atomic mass is 10.0. The molecule has 3 aromatic heterocycles. The van der Waals surface area contributed by atoms with Gasteiger partial charge in [0.25, 0.3) is 5.91 Å². The molecule has 236 valence electrons. The molecule has 1 saturated carbocycles. The van der Waals surface area contributed by atoms with Gasteiger partial charge >= 0.3 is 6.09 Å². The van der Waals surface area contributed by atoms with Gasteiger partial charge in [-0.2, -0.15) is 10.2 Å². The SMILES string of the molecule is CCn1nccc1-c1cc(C(=O)N2Cc3cnn(CC)c3C2)cc2cc(C3=CCCN(C(=O)OC(C)(C)C)C3)n(CC3CC3)c12. The van der Waals surface area contributed by atoms with Crippen LogP contribution in [0.15, 0.2) is 42.7 Å². The molecule has 1 aliphatic carbocycles. The summed E-state index contributed by atoms with van der Waals surface area (Å²) in [4.78, 5) is 31.0. The molecule has 0 atom stereocenters. The lowest BCUT2D eigenvalue weighted by molar-refractivity contribution is 0.0272. The van der Waals surface area contributed by atoms with Gasteiger partial charge in [-0.05, 0) is 89.6 Å². The molecule has 5 heterocycles. The van der Waals surface area contributed by atoms with E-state index in [4.69, 9.17) is 4.74 Å². The second kappa shape index (κ2) is 11.2. The van der Waals surface area contributed by atoms with Crippen molar-refractivity contribution in [3.8, 4) is 11.3 Å². The standard InChI is InChI=1S/C35H43N7O3/c1-6-41-29(12-13-36-41)28-16-26(33(43)39-21-27-18-37-42(7-2)31(27)22-39)15-25-17-30(40(32(25)28)19-23-10-11-23)24-9-8-14-38(20-24)34(44)45-35(3,4)5/h9,12-13,15-18,23H,6-8,10-11,14,19-22H2,1-5H3. The van der Waals surface area contributed by atoms with Crippen LogP contribution < -0.4 is 0 Å². The molecule has 3 aliphatic rings. The lowest BCUT2D eigenvalue weighted by Gasteiger charge is -2.30. The van der Waals surface area contributed by atoms with Crippen molar-refractivity contribution < 1.29 is 14.3 Å². The van der Waals surface area contributed by atoms with Gasteiger partial charge in [0.15, 0.2) is 0 Å². The van der Waals surface area contributed by atoms with E-state index in [0.29, 0.717) is 37.7 Å². The average molecular weight is 610 g/mol. The molecule has 0 N–H and O–H groups in total. The summed E-state index contributed by atoms with van der Waals surface area (Å²) >= 11 is 0. The number of rotatable bonds is 7. The molecule has 2 aliphatic heterocycles. The van der Waals surface area contributed by atoms with E-state index < -0.39 is 5.60 Å². The molecule has 45 heavy (non-hydrogen) atoms. The Morgan fingerprint density at radius 2 is 1.76 bits per heavy atom. The number of ether oxygens (including phenoxy) is 1. The Balaban J connectivity index is 1.32. The minimum Gasteiger partial charge on any atom is -0.444 e. The number of nitrogens with zero attached hydrogens (tertiary/aromatic N) is 7. The van der Waals surface area contributed by atoms with Crippen LogP contribution in [0.2, 0.25) is 0 Å². The molecule has 0 saturated heterocycles. The molecular weight excluding hydrogens is 566 g/mol.